The minimum absolute atomic E-state index is 0.0213. The highest BCUT2D eigenvalue weighted by molar-refractivity contribution is 5.77. The van der Waals surface area contributed by atoms with Crippen molar-refractivity contribution in [3.63, 3.8) is 0 Å². The van der Waals surface area contributed by atoms with E-state index >= 15 is 0 Å². The topological polar surface area (TPSA) is 71.1 Å². The Balaban J connectivity index is 1.48. The number of morpholine rings is 1. The van der Waals surface area contributed by atoms with Crippen LogP contribution in [0.4, 0.5) is 4.79 Å². The average molecular weight is 367 g/mol. The van der Waals surface area contributed by atoms with E-state index in [1.165, 1.54) is 0 Å². The van der Waals surface area contributed by atoms with Gasteiger partial charge in [-0.25, -0.2) is 4.79 Å². The number of carbonyl (C=O) groups is 2. The standard InChI is InChI=1S/C19H33N3O4/c1-3-15(4-2)13-22-14-19(26-18(22)24)5-8-21(9-6-19)17(23)11-16-12-20-7-10-25-16/h15-16,20H,3-14H2,1-2H3/t16-/m0/s1. The molecule has 3 heterocycles. The molecule has 0 bridgehead atoms. The fourth-order valence-electron chi connectivity index (χ4n) is 4.19. The zero-order chi connectivity index (χ0) is 18.6. The number of likely N-dealkylation sites (tertiary alicyclic amines) is 1. The SMILES string of the molecule is CCC(CC)CN1CC2(CCN(C(=O)C[C@H]3CNCCO3)CC2)OC1=O. The second-order valence-corrected chi connectivity index (χ2v) is 7.90. The van der Waals surface area contributed by atoms with Gasteiger partial charge in [-0.05, 0) is 5.92 Å². The summed E-state index contributed by atoms with van der Waals surface area (Å²) in [5.74, 6) is 0.676. The molecule has 1 atom stereocenters. The third kappa shape index (κ3) is 4.49. The lowest BCUT2D eigenvalue weighted by atomic mass is 9.90. The molecule has 0 aromatic heterocycles. The molecule has 3 saturated heterocycles. The van der Waals surface area contributed by atoms with Gasteiger partial charge in [-0.3, -0.25) is 4.79 Å². The van der Waals surface area contributed by atoms with Crippen LogP contribution in [-0.4, -0.2) is 79.4 Å². The fourth-order valence-corrected chi connectivity index (χ4v) is 4.19. The molecule has 0 unspecified atom stereocenters. The van der Waals surface area contributed by atoms with Crippen LogP contribution in [0.15, 0.2) is 0 Å². The molecular weight excluding hydrogens is 334 g/mol. The van der Waals surface area contributed by atoms with E-state index in [2.05, 4.69) is 19.2 Å². The maximum Gasteiger partial charge on any atom is 0.410 e. The van der Waals surface area contributed by atoms with Gasteiger partial charge in [0.25, 0.3) is 0 Å². The van der Waals surface area contributed by atoms with Crippen molar-refractivity contribution in [1.82, 2.24) is 15.1 Å². The molecular formula is C19H33N3O4. The Morgan fingerprint density at radius 1 is 1.31 bits per heavy atom. The summed E-state index contributed by atoms with van der Waals surface area (Å²) < 4.78 is 11.4. The molecule has 0 aromatic carbocycles. The summed E-state index contributed by atoms with van der Waals surface area (Å²) in [6.45, 7) is 9.37. The lowest BCUT2D eigenvalue weighted by Gasteiger charge is -2.38. The Bertz CT molecular complexity index is 495. The summed E-state index contributed by atoms with van der Waals surface area (Å²) in [5.41, 5.74) is -0.400. The molecule has 0 saturated carbocycles. The highest BCUT2D eigenvalue weighted by Gasteiger charge is 2.47. The van der Waals surface area contributed by atoms with Crippen molar-refractivity contribution in [2.75, 3.05) is 45.9 Å². The minimum atomic E-state index is -0.400. The molecule has 148 valence electrons. The molecule has 7 heteroatoms. The number of carbonyl (C=O) groups excluding carboxylic acids is 2. The highest BCUT2D eigenvalue weighted by Crippen LogP contribution is 2.34. The Morgan fingerprint density at radius 2 is 2.04 bits per heavy atom. The Kier molecular flexibility index (Phi) is 6.40. The summed E-state index contributed by atoms with van der Waals surface area (Å²) in [6.07, 6.45) is 3.84. The van der Waals surface area contributed by atoms with Gasteiger partial charge in [0.05, 0.1) is 25.7 Å². The molecule has 0 radical (unpaired) electrons. The molecule has 26 heavy (non-hydrogen) atoms. The predicted molar refractivity (Wildman–Crippen MR) is 97.9 cm³/mol. The van der Waals surface area contributed by atoms with Gasteiger partial charge in [0.2, 0.25) is 5.91 Å². The number of nitrogens with one attached hydrogen (secondary N) is 1. The van der Waals surface area contributed by atoms with Gasteiger partial charge in [-0.1, -0.05) is 26.7 Å². The van der Waals surface area contributed by atoms with Gasteiger partial charge in [-0.15, -0.1) is 0 Å². The van der Waals surface area contributed by atoms with Crippen LogP contribution in [0.25, 0.3) is 0 Å². The third-order valence-electron chi connectivity index (χ3n) is 6.11. The average Bonchev–Trinajstić information content (AvgIpc) is 2.95. The van der Waals surface area contributed by atoms with Crippen LogP contribution in [-0.2, 0) is 14.3 Å². The Labute approximate surface area is 156 Å². The number of ether oxygens (including phenoxy) is 2. The number of rotatable bonds is 6. The molecule has 3 aliphatic rings. The first-order chi connectivity index (χ1) is 12.5. The molecule has 3 rings (SSSR count). The number of amides is 2. The zero-order valence-corrected chi connectivity index (χ0v) is 16.2. The van der Waals surface area contributed by atoms with Crippen LogP contribution in [0.5, 0.6) is 0 Å². The van der Waals surface area contributed by atoms with Crippen LogP contribution in [0.2, 0.25) is 0 Å². The smallest absolute Gasteiger partial charge is 0.410 e. The van der Waals surface area contributed by atoms with E-state index < -0.39 is 5.60 Å². The molecule has 0 aliphatic carbocycles. The first-order valence-corrected chi connectivity index (χ1v) is 10.1. The maximum absolute atomic E-state index is 12.5. The van der Waals surface area contributed by atoms with Crippen LogP contribution < -0.4 is 5.32 Å². The van der Waals surface area contributed by atoms with E-state index in [1.807, 2.05) is 9.80 Å². The molecule has 1 spiro atoms. The lowest BCUT2D eigenvalue weighted by Crippen LogP contribution is -2.50. The molecule has 0 aromatic rings. The van der Waals surface area contributed by atoms with Crippen molar-refractivity contribution in [2.45, 2.75) is 57.7 Å². The largest absolute Gasteiger partial charge is 0.441 e. The Hall–Kier alpha value is -1.34. The summed E-state index contributed by atoms with van der Waals surface area (Å²) in [7, 11) is 0. The van der Waals surface area contributed by atoms with E-state index in [1.54, 1.807) is 0 Å². The van der Waals surface area contributed by atoms with E-state index in [-0.39, 0.29) is 18.1 Å². The number of piperidine rings is 1. The van der Waals surface area contributed by atoms with Gasteiger partial charge in [0.1, 0.15) is 5.60 Å². The van der Waals surface area contributed by atoms with Crippen molar-refractivity contribution in [1.29, 1.82) is 0 Å². The molecule has 2 amide bonds. The van der Waals surface area contributed by atoms with E-state index in [0.717, 1.165) is 45.3 Å². The summed E-state index contributed by atoms with van der Waals surface area (Å²) >= 11 is 0. The van der Waals surface area contributed by atoms with Crippen LogP contribution in [0.3, 0.4) is 0 Å². The summed E-state index contributed by atoms with van der Waals surface area (Å²) in [5, 5.41) is 3.26. The third-order valence-corrected chi connectivity index (χ3v) is 6.11. The van der Waals surface area contributed by atoms with Crippen LogP contribution in [0.1, 0.15) is 46.0 Å². The highest BCUT2D eigenvalue weighted by atomic mass is 16.6. The van der Waals surface area contributed by atoms with Crippen molar-refractivity contribution >= 4 is 12.0 Å². The van der Waals surface area contributed by atoms with Crippen molar-refractivity contribution in [3.8, 4) is 0 Å². The van der Waals surface area contributed by atoms with E-state index in [0.29, 0.717) is 38.6 Å². The number of hydrogen-bond acceptors (Lipinski definition) is 5. The van der Waals surface area contributed by atoms with Crippen LogP contribution in [0, 0.1) is 5.92 Å². The van der Waals surface area contributed by atoms with E-state index in [4.69, 9.17) is 9.47 Å². The van der Waals surface area contributed by atoms with Crippen molar-refractivity contribution in [3.05, 3.63) is 0 Å². The molecule has 3 fully saturated rings. The second-order valence-electron chi connectivity index (χ2n) is 7.90. The van der Waals surface area contributed by atoms with Gasteiger partial charge >= 0.3 is 6.09 Å². The minimum Gasteiger partial charge on any atom is -0.441 e. The normalized spacial score (nSPS) is 25.8. The zero-order valence-electron chi connectivity index (χ0n) is 16.2. The monoisotopic (exact) mass is 367 g/mol. The first kappa shape index (κ1) is 19.4. The molecule has 1 N–H and O–H groups in total. The summed E-state index contributed by atoms with van der Waals surface area (Å²) in [6, 6.07) is 0. The second kappa shape index (κ2) is 8.57. The van der Waals surface area contributed by atoms with Gasteiger partial charge in [-0.2, -0.15) is 0 Å². The van der Waals surface area contributed by atoms with Crippen molar-refractivity contribution in [2.24, 2.45) is 5.92 Å². The van der Waals surface area contributed by atoms with Crippen molar-refractivity contribution < 1.29 is 19.1 Å². The van der Waals surface area contributed by atoms with Gasteiger partial charge in [0.15, 0.2) is 0 Å². The fraction of sp³-hybridized carbons (Fsp3) is 0.895. The van der Waals surface area contributed by atoms with E-state index in [9.17, 15) is 9.59 Å². The maximum atomic E-state index is 12.5. The quantitative estimate of drug-likeness (QED) is 0.772. The first-order valence-electron chi connectivity index (χ1n) is 10.1. The number of hydrogen-bond donors (Lipinski definition) is 1. The van der Waals surface area contributed by atoms with Gasteiger partial charge < -0.3 is 24.6 Å². The number of nitrogens with zero attached hydrogens (tertiary/aromatic N) is 2. The summed E-state index contributed by atoms with van der Waals surface area (Å²) in [4.78, 5) is 28.6. The van der Waals surface area contributed by atoms with Gasteiger partial charge in [0, 0.05) is 45.6 Å². The lowest BCUT2D eigenvalue weighted by molar-refractivity contribution is -0.138. The Morgan fingerprint density at radius 3 is 2.65 bits per heavy atom. The van der Waals surface area contributed by atoms with Crippen LogP contribution >= 0.6 is 0 Å². The molecule has 3 aliphatic heterocycles. The predicted octanol–water partition coefficient (Wildman–Crippen LogP) is 1.61. The molecule has 7 nitrogen and oxygen atoms in total.